The Balaban J connectivity index is 0.00000274. The van der Waals surface area contributed by atoms with E-state index in [-0.39, 0.29) is 21.1 Å². The summed E-state index contributed by atoms with van der Waals surface area (Å²) in [7, 11) is 0. The fourth-order valence-corrected chi connectivity index (χ4v) is 4.05. The third kappa shape index (κ3) is 4.85. The number of benzene rings is 3. The van der Waals surface area contributed by atoms with Crippen LogP contribution in [0.3, 0.4) is 0 Å². The van der Waals surface area contributed by atoms with Crippen molar-refractivity contribution in [2.24, 2.45) is 0 Å². The Morgan fingerprint density at radius 2 is 1.03 bits per heavy atom. The summed E-state index contributed by atoms with van der Waals surface area (Å²) < 4.78 is 0. The minimum Gasteiger partial charge on any atom is -0.346 e. The van der Waals surface area contributed by atoms with Crippen molar-refractivity contribution in [1.82, 2.24) is 9.97 Å². The molecule has 3 nitrogen and oxygen atoms in total. The molecule has 2 heterocycles. The number of hydrogen-bond donors (Lipinski definition) is 0. The molecule has 0 unspecified atom stereocenters. The molecule has 0 fully saturated rings. The molecule has 0 N–H and O–H groups in total. The van der Waals surface area contributed by atoms with Gasteiger partial charge in [-0.05, 0) is 59.9 Å². The van der Waals surface area contributed by atoms with Gasteiger partial charge in [0.1, 0.15) is 0 Å². The number of nitrogens with zero attached hydrogens (tertiary/aromatic N) is 3. The van der Waals surface area contributed by atoms with E-state index in [2.05, 4.69) is 83.3 Å². The second-order valence-electron chi connectivity index (χ2n) is 7.91. The molecule has 0 atom stereocenters. The third-order valence-corrected chi connectivity index (χ3v) is 5.59. The van der Waals surface area contributed by atoms with Gasteiger partial charge in [-0.2, -0.15) is 0 Å². The number of para-hydroxylation sites is 1. The van der Waals surface area contributed by atoms with Crippen molar-refractivity contribution in [3.63, 3.8) is 0 Å². The molecule has 34 heavy (non-hydrogen) atoms. The van der Waals surface area contributed by atoms with Gasteiger partial charge in [0, 0.05) is 18.1 Å². The van der Waals surface area contributed by atoms with E-state index in [1.54, 1.807) is 0 Å². The zero-order valence-corrected chi connectivity index (χ0v) is 21.2. The summed E-state index contributed by atoms with van der Waals surface area (Å²) in [6.45, 7) is 4.28. The van der Waals surface area contributed by atoms with E-state index in [9.17, 15) is 0 Å². The van der Waals surface area contributed by atoms with Gasteiger partial charge in [-0.25, -0.2) is 0 Å². The first-order valence-corrected chi connectivity index (χ1v) is 10.9. The van der Waals surface area contributed by atoms with Crippen LogP contribution in [0.1, 0.15) is 11.1 Å². The van der Waals surface area contributed by atoms with E-state index in [1.807, 2.05) is 60.9 Å². The quantitative estimate of drug-likeness (QED) is 0.191. The van der Waals surface area contributed by atoms with Crippen LogP contribution in [-0.2, 0) is 21.1 Å². The van der Waals surface area contributed by atoms with E-state index in [0.29, 0.717) is 0 Å². The maximum absolute atomic E-state index is 4.52. The largest absolute Gasteiger partial charge is 2.00 e. The Kier molecular flexibility index (Phi) is 7.35. The van der Waals surface area contributed by atoms with Gasteiger partial charge in [0.05, 0.1) is 0 Å². The Hall–Kier alpha value is -3.55. The zero-order chi connectivity index (χ0) is 22.6. The maximum Gasteiger partial charge on any atom is 2.00 e. The minimum atomic E-state index is 0. The second kappa shape index (κ2) is 10.6. The number of rotatable bonds is 5. The molecule has 0 aliphatic heterocycles. The first kappa shape index (κ1) is 23.6. The van der Waals surface area contributed by atoms with Crippen LogP contribution in [-0.4, -0.2) is 9.97 Å². The summed E-state index contributed by atoms with van der Waals surface area (Å²) in [5, 5.41) is 0. The van der Waals surface area contributed by atoms with Crippen molar-refractivity contribution in [3.05, 3.63) is 127 Å². The second-order valence-corrected chi connectivity index (χ2v) is 7.91. The van der Waals surface area contributed by atoms with Crippen molar-refractivity contribution in [3.8, 4) is 22.5 Å². The van der Waals surface area contributed by atoms with E-state index in [1.165, 1.54) is 11.1 Å². The van der Waals surface area contributed by atoms with Crippen molar-refractivity contribution in [1.29, 1.82) is 0 Å². The van der Waals surface area contributed by atoms with Crippen LogP contribution in [0.5, 0.6) is 0 Å². The molecule has 168 valence electrons. The van der Waals surface area contributed by atoms with E-state index < -0.39 is 0 Å². The van der Waals surface area contributed by atoms with Gasteiger partial charge in [0.2, 0.25) is 0 Å². The van der Waals surface area contributed by atoms with Crippen molar-refractivity contribution in [2.45, 2.75) is 13.8 Å². The van der Waals surface area contributed by atoms with Crippen molar-refractivity contribution < 1.29 is 21.1 Å². The van der Waals surface area contributed by atoms with Crippen LogP contribution in [0.2, 0.25) is 0 Å². The first-order valence-electron chi connectivity index (χ1n) is 10.9. The van der Waals surface area contributed by atoms with E-state index >= 15 is 0 Å². The summed E-state index contributed by atoms with van der Waals surface area (Å²) in [6, 6.07) is 37.8. The molecular formula is C30H23N3Pt. The average Bonchev–Trinajstić information content (AvgIpc) is 2.87. The van der Waals surface area contributed by atoms with Crippen LogP contribution in [0.15, 0.2) is 103 Å². The third-order valence-electron chi connectivity index (χ3n) is 5.59. The van der Waals surface area contributed by atoms with Gasteiger partial charge >= 0.3 is 21.1 Å². The average molecular weight is 621 g/mol. The summed E-state index contributed by atoms with van der Waals surface area (Å²) in [5.41, 5.74) is 9.05. The van der Waals surface area contributed by atoms with Crippen LogP contribution in [0.25, 0.3) is 22.5 Å². The number of aromatic nitrogens is 2. The van der Waals surface area contributed by atoms with Crippen LogP contribution >= 0.6 is 0 Å². The summed E-state index contributed by atoms with van der Waals surface area (Å²) in [6.07, 6.45) is 3.62. The predicted molar refractivity (Wildman–Crippen MR) is 135 cm³/mol. The normalized spacial score (nSPS) is 10.4. The molecule has 0 aliphatic carbocycles. The molecule has 2 aromatic heterocycles. The van der Waals surface area contributed by atoms with E-state index in [0.717, 1.165) is 39.6 Å². The summed E-state index contributed by atoms with van der Waals surface area (Å²) >= 11 is 0. The van der Waals surface area contributed by atoms with Crippen molar-refractivity contribution in [2.75, 3.05) is 4.90 Å². The van der Waals surface area contributed by atoms with Crippen LogP contribution in [0.4, 0.5) is 17.1 Å². The number of aryl methyl sites for hydroxylation is 2. The topological polar surface area (TPSA) is 29.0 Å². The molecule has 0 amide bonds. The van der Waals surface area contributed by atoms with Crippen molar-refractivity contribution >= 4 is 17.1 Å². The Labute approximate surface area is 215 Å². The fraction of sp³-hybridized carbons (Fsp3) is 0.0667. The molecule has 3 aromatic carbocycles. The Bertz CT molecular complexity index is 1280. The number of hydrogen-bond acceptors (Lipinski definition) is 3. The fourth-order valence-electron chi connectivity index (χ4n) is 4.05. The number of pyridine rings is 2. The number of anilines is 3. The smallest absolute Gasteiger partial charge is 0.346 e. The van der Waals surface area contributed by atoms with Gasteiger partial charge in [-0.3, -0.25) is 0 Å². The first-order chi connectivity index (χ1) is 16.2. The Morgan fingerprint density at radius 1 is 0.559 bits per heavy atom. The van der Waals surface area contributed by atoms with E-state index in [4.69, 9.17) is 0 Å². The molecule has 0 saturated carbocycles. The van der Waals surface area contributed by atoms with Gasteiger partial charge in [-0.15, -0.1) is 59.7 Å². The minimum absolute atomic E-state index is 0. The standard InChI is InChI=1S/C30H23N3.Pt/c1-22-10-7-11-23(2)30(22)33(26-14-8-12-24(20-26)28-16-3-5-18-31-28)27-15-9-13-25(21-27)29-17-4-6-19-32-29;/h3-19H,1-2H3;/q-2;+2. The molecule has 0 saturated heterocycles. The Morgan fingerprint density at radius 3 is 1.47 bits per heavy atom. The molecule has 5 aromatic rings. The SMILES string of the molecule is Cc1cccc(C)c1N(c1[c-]c(-c2ccccn2)ccc1)c1[c-]c(-c2ccccn2)ccc1.[Pt+2]. The molecule has 0 bridgehead atoms. The van der Waals surface area contributed by atoms with Gasteiger partial charge in [-0.1, -0.05) is 42.5 Å². The zero-order valence-electron chi connectivity index (χ0n) is 19.0. The van der Waals surface area contributed by atoms with Gasteiger partial charge in [0.25, 0.3) is 0 Å². The monoisotopic (exact) mass is 620 g/mol. The van der Waals surface area contributed by atoms with Gasteiger partial charge in [0.15, 0.2) is 0 Å². The molecular weight excluding hydrogens is 597 g/mol. The summed E-state index contributed by atoms with van der Waals surface area (Å²) in [4.78, 5) is 11.3. The van der Waals surface area contributed by atoms with Gasteiger partial charge < -0.3 is 14.9 Å². The maximum atomic E-state index is 4.52. The molecule has 0 aliphatic rings. The van der Waals surface area contributed by atoms with Crippen LogP contribution in [0, 0.1) is 26.0 Å². The molecule has 0 spiro atoms. The molecule has 4 heteroatoms. The molecule has 5 rings (SSSR count). The summed E-state index contributed by atoms with van der Waals surface area (Å²) in [5.74, 6) is 0. The molecule has 0 radical (unpaired) electrons. The van der Waals surface area contributed by atoms with Crippen LogP contribution < -0.4 is 4.90 Å². The predicted octanol–water partition coefficient (Wildman–Crippen LogP) is 7.50.